The monoisotopic (exact) mass is 349 g/mol. The predicted molar refractivity (Wildman–Crippen MR) is 102 cm³/mol. The van der Waals surface area contributed by atoms with Crippen LogP contribution in [0.2, 0.25) is 0 Å². The Bertz CT molecular complexity index is 822. The summed E-state index contributed by atoms with van der Waals surface area (Å²) < 4.78 is 0. The number of nitrogens with zero attached hydrogens (tertiary/aromatic N) is 4. The lowest BCUT2D eigenvalue weighted by Gasteiger charge is -2.35. The van der Waals surface area contributed by atoms with Gasteiger partial charge in [0, 0.05) is 38.1 Å². The number of benzene rings is 1. The Morgan fingerprint density at radius 3 is 2.31 bits per heavy atom. The van der Waals surface area contributed by atoms with Crippen LogP contribution in [0.4, 0.5) is 16.3 Å². The Morgan fingerprint density at radius 1 is 1.12 bits per heavy atom. The zero-order chi connectivity index (χ0) is 18.7. The van der Waals surface area contributed by atoms with Crippen molar-refractivity contribution in [2.45, 2.75) is 20.8 Å². The molecule has 1 fully saturated rings. The number of aryl methyl sites for hydroxylation is 3. The zero-order valence-electron chi connectivity index (χ0n) is 15.4. The van der Waals surface area contributed by atoms with Crippen molar-refractivity contribution < 1.29 is 4.79 Å². The minimum absolute atomic E-state index is 0.0625. The van der Waals surface area contributed by atoms with E-state index >= 15 is 0 Å². The lowest BCUT2D eigenvalue weighted by molar-refractivity contribution is 0.208. The molecule has 1 aromatic heterocycles. The van der Waals surface area contributed by atoms with E-state index < -0.39 is 0 Å². The maximum atomic E-state index is 12.6. The molecule has 2 aromatic rings. The van der Waals surface area contributed by atoms with Crippen LogP contribution in [0.3, 0.4) is 0 Å². The first-order valence-corrected chi connectivity index (χ1v) is 8.73. The summed E-state index contributed by atoms with van der Waals surface area (Å²) in [6.07, 6.45) is 1.58. The molecule has 1 saturated heterocycles. The predicted octanol–water partition coefficient (Wildman–Crippen LogP) is 3.23. The van der Waals surface area contributed by atoms with Gasteiger partial charge in [-0.1, -0.05) is 17.7 Å². The quantitative estimate of drug-likeness (QED) is 0.903. The fraction of sp³-hybridized carbons (Fsp3) is 0.350. The molecular formula is C20H23N5O. The van der Waals surface area contributed by atoms with Crippen molar-refractivity contribution in [3.8, 4) is 6.07 Å². The highest BCUT2D eigenvalue weighted by Crippen LogP contribution is 2.23. The molecule has 26 heavy (non-hydrogen) atoms. The summed E-state index contributed by atoms with van der Waals surface area (Å²) >= 11 is 0. The van der Waals surface area contributed by atoms with Crippen LogP contribution in [0.25, 0.3) is 0 Å². The minimum Gasteiger partial charge on any atom is -0.353 e. The number of anilines is 2. The van der Waals surface area contributed by atoms with E-state index in [1.165, 1.54) is 5.56 Å². The second kappa shape index (κ2) is 7.44. The van der Waals surface area contributed by atoms with Crippen molar-refractivity contribution in [2.24, 2.45) is 0 Å². The third-order valence-electron chi connectivity index (χ3n) is 4.68. The first-order chi connectivity index (χ1) is 12.5. The number of nitrogens with one attached hydrogen (secondary N) is 1. The molecule has 6 nitrogen and oxygen atoms in total. The Hall–Kier alpha value is -3.07. The number of rotatable bonds is 2. The highest BCUT2D eigenvalue weighted by molar-refractivity contribution is 5.91. The van der Waals surface area contributed by atoms with Gasteiger partial charge in [-0.15, -0.1) is 0 Å². The molecule has 0 unspecified atom stereocenters. The van der Waals surface area contributed by atoms with Gasteiger partial charge in [-0.3, -0.25) is 0 Å². The SMILES string of the molecule is Cc1cc(C)c(NC(=O)N2CCN(c3ccc(C#N)cn3)CC2)c(C)c1. The lowest BCUT2D eigenvalue weighted by atomic mass is 10.1. The van der Waals surface area contributed by atoms with E-state index in [9.17, 15) is 4.79 Å². The van der Waals surface area contributed by atoms with Crippen LogP contribution >= 0.6 is 0 Å². The molecule has 1 aliphatic heterocycles. The Balaban J connectivity index is 1.61. The number of amides is 2. The normalized spacial score (nSPS) is 14.1. The molecule has 3 rings (SSSR count). The molecule has 6 heteroatoms. The van der Waals surface area contributed by atoms with Crippen LogP contribution in [0, 0.1) is 32.1 Å². The molecule has 1 aliphatic rings. The average Bonchev–Trinajstić information content (AvgIpc) is 2.64. The van der Waals surface area contributed by atoms with Crippen LogP contribution in [0.1, 0.15) is 22.3 Å². The summed E-state index contributed by atoms with van der Waals surface area (Å²) in [6.45, 7) is 8.81. The van der Waals surface area contributed by atoms with E-state index in [1.807, 2.05) is 24.8 Å². The van der Waals surface area contributed by atoms with E-state index in [-0.39, 0.29) is 6.03 Å². The van der Waals surface area contributed by atoms with Gasteiger partial charge in [0.2, 0.25) is 0 Å². The van der Waals surface area contributed by atoms with E-state index in [1.54, 1.807) is 12.3 Å². The maximum Gasteiger partial charge on any atom is 0.321 e. The van der Waals surface area contributed by atoms with Crippen molar-refractivity contribution in [1.82, 2.24) is 9.88 Å². The molecule has 134 valence electrons. The number of carbonyl (C=O) groups is 1. The highest BCUT2D eigenvalue weighted by atomic mass is 16.2. The van der Waals surface area contributed by atoms with Crippen molar-refractivity contribution in [3.05, 3.63) is 52.7 Å². The number of hydrogen-bond donors (Lipinski definition) is 1. The minimum atomic E-state index is -0.0625. The van der Waals surface area contributed by atoms with Gasteiger partial charge in [-0.05, 0) is 44.0 Å². The number of piperazine rings is 1. The lowest BCUT2D eigenvalue weighted by Crippen LogP contribution is -2.50. The Morgan fingerprint density at radius 2 is 1.77 bits per heavy atom. The van der Waals surface area contributed by atoms with Gasteiger partial charge in [-0.25, -0.2) is 9.78 Å². The number of hydrogen-bond acceptors (Lipinski definition) is 4. The largest absolute Gasteiger partial charge is 0.353 e. The Labute approximate surface area is 154 Å². The topological polar surface area (TPSA) is 72.3 Å². The number of carbonyl (C=O) groups excluding carboxylic acids is 1. The molecule has 0 atom stereocenters. The van der Waals surface area contributed by atoms with E-state index in [4.69, 9.17) is 5.26 Å². The molecule has 1 N–H and O–H groups in total. The maximum absolute atomic E-state index is 12.6. The van der Waals surface area contributed by atoms with Gasteiger partial charge < -0.3 is 15.1 Å². The van der Waals surface area contributed by atoms with Gasteiger partial charge in [0.05, 0.1) is 5.56 Å². The molecular weight excluding hydrogens is 326 g/mol. The summed E-state index contributed by atoms with van der Waals surface area (Å²) in [5.41, 5.74) is 4.81. The standard InChI is InChI=1S/C20H23N5O/c1-14-10-15(2)19(16(3)11-14)23-20(26)25-8-6-24(7-9-25)18-5-4-17(12-21)13-22-18/h4-5,10-11,13H,6-9H2,1-3H3,(H,23,26). The molecule has 0 bridgehead atoms. The van der Waals surface area contributed by atoms with Gasteiger partial charge in [-0.2, -0.15) is 5.26 Å². The highest BCUT2D eigenvalue weighted by Gasteiger charge is 2.22. The van der Waals surface area contributed by atoms with Crippen LogP contribution in [-0.4, -0.2) is 42.1 Å². The van der Waals surface area contributed by atoms with Gasteiger partial charge in [0.15, 0.2) is 0 Å². The summed E-state index contributed by atoms with van der Waals surface area (Å²) in [5.74, 6) is 0.842. The van der Waals surface area contributed by atoms with Crippen LogP contribution in [0.5, 0.6) is 0 Å². The molecule has 0 aliphatic carbocycles. The average molecular weight is 349 g/mol. The fourth-order valence-corrected chi connectivity index (χ4v) is 3.34. The summed E-state index contributed by atoms with van der Waals surface area (Å²) in [5, 5.41) is 11.9. The number of aromatic nitrogens is 1. The number of nitriles is 1. The van der Waals surface area contributed by atoms with Gasteiger partial charge in [0.1, 0.15) is 11.9 Å². The van der Waals surface area contributed by atoms with Crippen molar-refractivity contribution in [2.75, 3.05) is 36.4 Å². The third-order valence-corrected chi connectivity index (χ3v) is 4.68. The Kier molecular flexibility index (Phi) is 5.08. The van der Waals surface area contributed by atoms with E-state index in [0.29, 0.717) is 18.7 Å². The molecule has 0 spiro atoms. The molecule has 2 amide bonds. The number of pyridine rings is 1. The summed E-state index contributed by atoms with van der Waals surface area (Å²) in [7, 11) is 0. The molecule has 1 aromatic carbocycles. The summed E-state index contributed by atoms with van der Waals surface area (Å²) in [6, 6.07) is 9.79. The van der Waals surface area contributed by atoms with Crippen molar-refractivity contribution >= 4 is 17.5 Å². The van der Waals surface area contributed by atoms with Crippen molar-refractivity contribution in [3.63, 3.8) is 0 Å². The van der Waals surface area contributed by atoms with Crippen LogP contribution in [0.15, 0.2) is 30.5 Å². The summed E-state index contributed by atoms with van der Waals surface area (Å²) in [4.78, 5) is 20.9. The first-order valence-electron chi connectivity index (χ1n) is 8.73. The smallest absolute Gasteiger partial charge is 0.321 e. The molecule has 0 saturated carbocycles. The van der Waals surface area contributed by atoms with Gasteiger partial charge >= 0.3 is 6.03 Å². The molecule has 2 heterocycles. The molecule has 0 radical (unpaired) electrons. The van der Waals surface area contributed by atoms with Gasteiger partial charge in [0.25, 0.3) is 0 Å². The third kappa shape index (κ3) is 3.77. The fourth-order valence-electron chi connectivity index (χ4n) is 3.34. The first kappa shape index (κ1) is 17.7. The van der Waals surface area contributed by atoms with Crippen LogP contribution in [-0.2, 0) is 0 Å². The van der Waals surface area contributed by atoms with Crippen LogP contribution < -0.4 is 10.2 Å². The second-order valence-electron chi connectivity index (χ2n) is 6.69. The number of urea groups is 1. The van der Waals surface area contributed by atoms with Crippen molar-refractivity contribution in [1.29, 1.82) is 5.26 Å². The van der Waals surface area contributed by atoms with E-state index in [2.05, 4.69) is 40.3 Å². The zero-order valence-corrected chi connectivity index (χ0v) is 15.4. The van der Waals surface area contributed by atoms with E-state index in [0.717, 1.165) is 35.7 Å². The second-order valence-corrected chi connectivity index (χ2v) is 6.69.